The van der Waals surface area contributed by atoms with Gasteiger partial charge in [-0.2, -0.15) is 0 Å². The Bertz CT molecular complexity index is 654. The monoisotopic (exact) mass is 379 g/mol. The zero-order valence-electron chi connectivity index (χ0n) is 16.0. The van der Waals surface area contributed by atoms with Crippen molar-refractivity contribution in [1.29, 1.82) is 0 Å². The summed E-state index contributed by atoms with van der Waals surface area (Å²) in [6.07, 6.45) is 4.50. The molecule has 0 radical (unpaired) electrons. The van der Waals surface area contributed by atoms with Gasteiger partial charge in [0.15, 0.2) is 0 Å². The van der Waals surface area contributed by atoms with Gasteiger partial charge in [0, 0.05) is 38.5 Å². The Morgan fingerprint density at radius 3 is 2.81 bits per heavy atom. The minimum absolute atomic E-state index is 0.00900. The molecule has 1 spiro atoms. The third-order valence-corrected chi connectivity index (χ3v) is 5.64. The topological polar surface area (TPSA) is 104 Å². The van der Waals surface area contributed by atoms with Crippen LogP contribution in [0.15, 0.2) is 18.5 Å². The van der Waals surface area contributed by atoms with Crippen LogP contribution in [0.3, 0.4) is 0 Å². The molecular formula is C19H29N3O5. The van der Waals surface area contributed by atoms with Gasteiger partial charge >= 0.3 is 0 Å². The zero-order valence-corrected chi connectivity index (χ0v) is 16.0. The van der Waals surface area contributed by atoms with Gasteiger partial charge in [-0.1, -0.05) is 0 Å². The number of aromatic amines is 1. The van der Waals surface area contributed by atoms with Crippen LogP contribution >= 0.6 is 0 Å². The van der Waals surface area contributed by atoms with E-state index in [1.807, 2.05) is 18.7 Å². The molecule has 0 unspecified atom stereocenters. The summed E-state index contributed by atoms with van der Waals surface area (Å²) in [5.41, 5.74) is -0.569. The predicted molar refractivity (Wildman–Crippen MR) is 98.3 cm³/mol. The summed E-state index contributed by atoms with van der Waals surface area (Å²) in [7, 11) is 0. The van der Waals surface area contributed by atoms with Crippen LogP contribution < -0.4 is 5.32 Å². The second-order valence-electron chi connectivity index (χ2n) is 7.68. The van der Waals surface area contributed by atoms with Crippen molar-refractivity contribution in [3.05, 3.63) is 24.0 Å². The molecule has 0 saturated carbocycles. The molecule has 8 heteroatoms. The summed E-state index contributed by atoms with van der Waals surface area (Å²) >= 11 is 0. The van der Waals surface area contributed by atoms with Crippen molar-refractivity contribution in [2.45, 2.75) is 50.4 Å². The molecule has 3 heterocycles. The number of amides is 2. The molecular weight excluding hydrogens is 350 g/mol. The molecule has 150 valence electrons. The van der Waals surface area contributed by atoms with Crippen LogP contribution in [0.4, 0.5) is 0 Å². The van der Waals surface area contributed by atoms with Gasteiger partial charge in [-0.15, -0.1) is 0 Å². The Labute approximate surface area is 159 Å². The summed E-state index contributed by atoms with van der Waals surface area (Å²) in [4.78, 5) is 29.4. The zero-order chi connectivity index (χ0) is 19.5. The lowest BCUT2D eigenvalue weighted by atomic mass is 9.74. The second kappa shape index (κ2) is 8.00. The molecule has 2 fully saturated rings. The molecule has 2 atom stereocenters. The van der Waals surface area contributed by atoms with Gasteiger partial charge in [0.25, 0.3) is 5.91 Å². The van der Waals surface area contributed by atoms with E-state index in [1.54, 1.807) is 18.5 Å². The van der Waals surface area contributed by atoms with E-state index >= 15 is 0 Å². The van der Waals surface area contributed by atoms with Crippen molar-refractivity contribution in [2.24, 2.45) is 0 Å². The van der Waals surface area contributed by atoms with E-state index in [9.17, 15) is 14.7 Å². The molecule has 2 amide bonds. The number of nitrogens with one attached hydrogen (secondary N) is 2. The van der Waals surface area contributed by atoms with Gasteiger partial charge in [0.1, 0.15) is 12.7 Å². The molecule has 0 bridgehead atoms. The fourth-order valence-corrected chi connectivity index (χ4v) is 4.03. The first-order chi connectivity index (χ1) is 12.9. The van der Waals surface area contributed by atoms with E-state index in [0.717, 1.165) is 0 Å². The second-order valence-corrected chi connectivity index (χ2v) is 7.68. The van der Waals surface area contributed by atoms with Crippen LogP contribution in [-0.2, 0) is 14.3 Å². The van der Waals surface area contributed by atoms with Crippen LogP contribution in [0, 0.1) is 0 Å². The van der Waals surface area contributed by atoms with Gasteiger partial charge < -0.3 is 29.8 Å². The Morgan fingerprint density at radius 2 is 2.19 bits per heavy atom. The first-order valence-electron chi connectivity index (χ1n) is 9.50. The molecule has 0 aromatic carbocycles. The molecule has 2 aliphatic rings. The predicted octanol–water partition coefficient (Wildman–Crippen LogP) is 0.682. The minimum Gasteiger partial charge on any atom is -0.388 e. The third kappa shape index (κ3) is 4.34. The maximum atomic E-state index is 12.5. The number of rotatable bonds is 5. The lowest BCUT2D eigenvalue weighted by Crippen LogP contribution is -2.66. The van der Waals surface area contributed by atoms with E-state index in [-0.39, 0.29) is 25.0 Å². The number of H-pyrrole nitrogens is 1. The number of aliphatic hydroxyl groups is 1. The van der Waals surface area contributed by atoms with E-state index in [4.69, 9.17) is 9.47 Å². The van der Waals surface area contributed by atoms with E-state index in [2.05, 4.69) is 10.3 Å². The molecule has 3 N–H and O–H groups in total. The van der Waals surface area contributed by atoms with Crippen molar-refractivity contribution >= 4 is 11.8 Å². The maximum absolute atomic E-state index is 12.5. The summed E-state index contributed by atoms with van der Waals surface area (Å²) in [5, 5.41) is 13.4. The highest BCUT2D eigenvalue weighted by Crippen LogP contribution is 2.39. The number of aromatic nitrogens is 1. The quantitative estimate of drug-likeness (QED) is 0.698. The van der Waals surface area contributed by atoms with E-state index in [1.165, 1.54) is 0 Å². The van der Waals surface area contributed by atoms with E-state index in [0.29, 0.717) is 44.5 Å². The first-order valence-corrected chi connectivity index (χ1v) is 9.50. The van der Waals surface area contributed by atoms with Gasteiger partial charge in [-0.3, -0.25) is 9.59 Å². The Morgan fingerprint density at radius 1 is 1.44 bits per heavy atom. The highest BCUT2D eigenvalue weighted by Gasteiger charge is 2.50. The van der Waals surface area contributed by atoms with Gasteiger partial charge in [0.2, 0.25) is 5.91 Å². The van der Waals surface area contributed by atoms with Gasteiger partial charge in [-0.05, 0) is 32.8 Å². The molecule has 8 nitrogen and oxygen atoms in total. The van der Waals surface area contributed by atoms with Gasteiger partial charge in [-0.25, -0.2) is 0 Å². The summed E-state index contributed by atoms with van der Waals surface area (Å²) in [6, 6.07) is 1.77. The lowest BCUT2D eigenvalue weighted by Gasteiger charge is -2.52. The highest BCUT2D eigenvalue weighted by atomic mass is 16.5. The summed E-state index contributed by atoms with van der Waals surface area (Å²) in [6.45, 7) is 5.46. The van der Waals surface area contributed by atoms with Crippen LogP contribution in [-0.4, -0.2) is 77.0 Å². The highest BCUT2D eigenvalue weighted by molar-refractivity contribution is 5.94. The van der Waals surface area contributed by atoms with E-state index < -0.39 is 17.2 Å². The molecule has 2 aliphatic heterocycles. The Balaban J connectivity index is 1.62. The Kier molecular flexibility index (Phi) is 5.88. The van der Waals surface area contributed by atoms with Crippen LogP contribution in [0.1, 0.15) is 43.5 Å². The van der Waals surface area contributed by atoms with Crippen molar-refractivity contribution in [3.63, 3.8) is 0 Å². The number of hydrogen-bond acceptors (Lipinski definition) is 5. The number of ether oxygens (including phenoxy) is 2. The summed E-state index contributed by atoms with van der Waals surface area (Å²) < 4.78 is 11.2. The van der Waals surface area contributed by atoms with Crippen LogP contribution in [0.2, 0.25) is 0 Å². The lowest BCUT2D eigenvalue weighted by molar-refractivity contribution is -0.180. The normalized spacial score (nSPS) is 27.5. The van der Waals surface area contributed by atoms with Crippen LogP contribution in [0.25, 0.3) is 0 Å². The summed E-state index contributed by atoms with van der Waals surface area (Å²) in [5.74, 6) is -0.231. The standard InChI is InChI=1S/C19H29N3O5/c1-3-26-12-16(24)21-18(2)13-19(27-11-15(18)23)5-8-22(9-6-19)17(25)14-4-7-20-10-14/h4,7,10,15,20,23H,3,5-6,8-9,11-13H2,1-2H3,(H,21,24)/t15-,18-/m0/s1. The average Bonchev–Trinajstić information content (AvgIpc) is 3.18. The molecule has 2 saturated heterocycles. The van der Waals surface area contributed by atoms with Crippen molar-refractivity contribution in [2.75, 3.05) is 32.9 Å². The number of likely N-dealkylation sites (tertiary alicyclic amines) is 1. The maximum Gasteiger partial charge on any atom is 0.255 e. The number of hydrogen-bond donors (Lipinski definition) is 3. The SMILES string of the molecule is CCOCC(=O)N[C@@]1(C)CC2(CCN(C(=O)c3cc[nH]c3)CC2)OC[C@@H]1O. The molecule has 1 aromatic rings. The number of aliphatic hydroxyl groups excluding tert-OH is 1. The molecule has 3 rings (SSSR count). The minimum atomic E-state index is -0.784. The van der Waals surface area contributed by atoms with Crippen molar-refractivity contribution in [1.82, 2.24) is 15.2 Å². The third-order valence-electron chi connectivity index (χ3n) is 5.64. The molecule has 0 aliphatic carbocycles. The van der Waals surface area contributed by atoms with Gasteiger partial charge in [0.05, 0.1) is 23.3 Å². The van der Waals surface area contributed by atoms with Crippen LogP contribution in [0.5, 0.6) is 0 Å². The largest absolute Gasteiger partial charge is 0.388 e. The van der Waals surface area contributed by atoms with Crippen molar-refractivity contribution < 1.29 is 24.2 Å². The first kappa shape index (κ1) is 19.9. The van der Waals surface area contributed by atoms with Crippen molar-refractivity contribution in [3.8, 4) is 0 Å². The number of nitrogens with zero attached hydrogens (tertiary/aromatic N) is 1. The number of piperidine rings is 1. The number of carbonyl (C=O) groups is 2. The fourth-order valence-electron chi connectivity index (χ4n) is 4.03. The molecule has 27 heavy (non-hydrogen) atoms. The Hall–Kier alpha value is -1.90. The number of carbonyl (C=O) groups excluding carboxylic acids is 2. The average molecular weight is 379 g/mol. The molecule has 1 aromatic heterocycles. The fraction of sp³-hybridized carbons (Fsp3) is 0.684. The smallest absolute Gasteiger partial charge is 0.255 e.